The molecule has 0 aliphatic heterocycles. The molecule has 1 aromatic heterocycles. The van der Waals surface area contributed by atoms with Gasteiger partial charge in [0.05, 0.1) is 34.5 Å². The number of carbonyl (C=O) groups excluding carboxylic acids is 2. The number of benzene rings is 2. The Bertz CT molecular complexity index is 1160. The second kappa shape index (κ2) is 10.1. The minimum atomic E-state index is -0.480. The van der Waals surface area contributed by atoms with Gasteiger partial charge in [-0.2, -0.15) is 4.99 Å². The Morgan fingerprint density at radius 3 is 2.63 bits per heavy atom. The van der Waals surface area contributed by atoms with Crippen molar-refractivity contribution in [2.24, 2.45) is 4.99 Å². The second-order valence-corrected chi connectivity index (χ2v) is 7.92. The number of fused-ring (bicyclic) bond motifs is 1. The van der Waals surface area contributed by atoms with E-state index in [0.29, 0.717) is 39.3 Å². The predicted octanol–water partition coefficient (Wildman–Crippen LogP) is 3.95. The summed E-state index contributed by atoms with van der Waals surface area (Å²) in [6, 6.07) is 9.91. The summed E-state index contributed by atoms with van der Waals surface area (Å²) in [4.78, 5) is 28.9. The Balaban J connectivity index is 1.90. The van der Waals surface area contributed by atoms with Crippen LogP contribution in [0.2, 0.25) is 10.0 Å². The standard InChI is InChI=1S/C20H18Cl2N2O5S/c1-27-8-7-24-15-5-3-12(19(26)28-2)9-17(15)30-20(24)23-18(25)11-29-16-6-4-13(21)10-14(16)22/h3-6,9-10H,7-8,11H2,1-2H3. The van der Waals surface area contributed by atoms with Gasteiger partial charge >= 0.3 is 5.97 Å². The Morgan fingerprint density at radius 1 is 1.13 bits per heavy atom. The SMILES string of the molecule is COCCn1c(=NC(=O)COc2ccc(Cl)cc2Cl)sc2cc(C(=O)OC)ccc21. The van der Waals surface area contributed by atoms with E-state index in [1.807, 2.05) is 4.57 Å². The van der Waals surface area contributed by atoms with Crippen molar-refractivity contribution in [1.82, 2.24) is 4.57 Å². The van der Waals surface area contributed by atoms with Gasteiger partial charge in [-0.15, -0.1) is 0 Å². The number of amides is 1. The van der Waals surface area contributed by atoms with Crippen LogP contribution in [-0.2, 0) is 20.8 Å². The first-order valence-electron chi connectivity index (χ1n) is 8.79. The van der Waals surface area contributed by atoms with Crippen molar-refractivity contribution < 1.29 is 23.8 Å². The van der Waals surface area contributed by atoms with E-state index in [1.165, 1.54) is 24.5 Å². The summed E-state index contributed by atoms with van der Waals surface area (Å²) >= 11 is 13.2. The van der Waals surface area contributed by atoms with Gasteiger partial charge in [0, 0.05) is 18.7 Å². The Hall–Kier alpha value is -2.39. The first-order chi connectivity index (χ1) is 14.4. The van der Waals surface area contributed by atoms with Crippen molar-refractivity contribution in [1.29, 1.82) is 0 Å². The highest BCUT2D eigenvalue weighted by molar-refractivity contribution is 7.16. The van der Waals surface area contributed by atoms with Gasteiger partial charge in [-0.3, -0.25) is 4.79 Å². The number of carbonyl (C=O) groups is 2. The average molecular weight is 469 g/mol. The molecule has 3 aromatic rings. The number of rotatable bonds is 7. The summed E-state index contributed by atoms with van der Waals surface area (Å²) in [7, 11) is 2.92. The van der Waals surface area contributed by atoms with E-state index >= 15 is 0 Å². The van der Waals surface area contributed by atoms with Crippen molar-refractivity contribution in [3.63, 3.8) is 0 Å². The van der Waals surface area contributed by atoms with Crippen LogP contribution in [0.25, 0.3) is 10.2 Å². The van der Waals surface area contributed by atoms with E-state index in [-0.39, 0.29) is 6.61 Å². The molecule has 158 valence electrons. The van der Waals surface area contributed by atoms with Gasteiger partial charge in [-0.1, -0.05) is 34.5 Å². The Kier molecular flexibility index (Phi) is 7.49. The van der Waals surface area contributed by atoms with Gasteiger partial charge in [0.15, 0.2) is 11.4 Å². The molecule has 0 saturated carbocycles. The number of nitrogens with zero attached hydrogens (tertiary/aromatic N) is 2. The molecule has 0 bridgehead atoms. The largest absolute Gasteiger partial charge is 0.482 e. The highest BCUT2D eigenvalue weighted by atomic mass is 35.5. The van der Waals surface area contributed by atoms with Gasteiger partial charge in [0.25, 0.3) is 5.91 Å². The lowest BCUT2D eigenvalue weighted by atomic mass is 10.2. The smallest absolute Gasteiger partial charge is 0.337 e. The summed E-state index contributed by atoms with van der Waals surface area (Å²) in [6.45, 7) is 0.639. The molecule has 0 N–H and O–H groups in total. The van der Waals surface area contributed by atoms with Crippen LogP contribution in [0.5, 0.6) is 5.75 Å². The Labute approximate surface area is 186 Å². The molecule has 1 amide bonds. The molecule has 0 saturated heterocycles. The van der Waals surface area contributed by atoms with Gasteiger partial charge in [-0.05, 0) is 36.4 Å². The molecule has 30 heavy (non-hydrogen) atoms. The molecule has 2 aromatic carbocycles. The number of halogens is 2. The fourth-order valence-electron chi connectivity index (χ4n) is 2.67. The first-order valence-corrected chi connectivity index (χ1v) is 10.4. The number of aromatic nitrogens is 1. The maximum absolute atomic E-state index is 12.4. The predicted molar refractivity (Wildman–Crippen MR) is 116 cm³/mol. The van der Waals surface area contributed by atoms with Crippen LogP contribution in [0.4, 0.5) is 0 Å². The van der Waals surface area contributed by atoms with E-state index in [4.69, 9.17) is 37.4 Å². The maximum Gasteiger partial charge on any atom is 0.337 e. The van der Waals surface area contributed by atoms with Gasteiger partial charge in [0.1, 0.15) is 5.75 Å². The summed E-state index contributed by atoms with van der Waals surface area (Å²) in [5.74, 6) is -0.570. The van der Waals surface area contributed by atoms with E-state index < -0.39 is 11.9 Å². The third-order valence-corrected chi connectivity index (χ3v) is 5.66. The third kappa shape index (κ3) is 5.20. The molecule has 1 heterocycles. The number of ether oxygens (including phenoxy) is 3. The highest BCUT2D eigenvalue weighted by Gasteiger charge is 2.13. The molecule has 0 radical (unpaired) electrons. The highest BCUT2D eigenvalue weighted by Crippen LogP contribution is 2.27. The van der Waals surface area contributed by atoms with Crippen molar-refractivity contribution >= 4 is 56.6 Å². The quantitative estimate of drug-likeness (QED) is 0.490. The molecule has 0 aliphatic carbocycles. The summed E-state index contributed by atoms with van der Waals surface area (Å²) in [5.41, 5.74) is 1.25. The summed E-state index contributed by atoms with van der Waals surface area (Å²) in [6.07, 6.45) is 0. The zero-order valence-corrected chi connectivity index (χ0v) is 18.5. The lowest BCUT2D eigenvalue weighted by Gasteiger charge is -2.06. The van der Waals surface area contributed by atoms with Gasteiger partial charge < -0.3 is 18.8 Å². The zero-order chi connectivity index (χ0) is 21.7. The van der Waals surface area contributed by atoms with Crippen LogP contribution >= 0.6 is 34.5 Å². The first kappa shape index (κ1) is 22.3. The summed E-state index contributed by atoms with van der Waals surface area (Å²) in [5, 5.41) is 0.779. The zero-order valence-electron chi connectivity index (χ0n) is 16.2. The molecule has 10 heteroatoms. The van der Waals surface area contributed by atoms with Gasteiger partial charge in [0.2, 0.25) is 0 Å². The van der Waals surface area contributed by atoms with E-state index in [0.717, 1.165) is 10.2 Å². The van der Waals surface area contributed by atoms with Crippen LogP contribution in [0, 0.1) is 0 Å². The lowest BCUT2D eigenvalue weighted by Crippen LogP contribution is -2.21. The molecule has 0 spiro atoms. The topological polar surface area (TPSA) is 79.1 Å². The molecule has 7 nitrogen and oxygen atoms in total. The van der Waals surface area contributed by atoms with Crippen LogP contribution in [0.1, 0.15) is 10.4 Å². The van der Waals surface area contributed by atoms with Crippen LogP contribution in [-0.4, -0.2) is 43.9 Å². The number of hydrogen-bond donors (Lipinski definition) is 0. The molecular weight excluding hydrogens is 451 g/mol. The number of hydrogen-bond acceptors (Lipinski definition) is 6. The number of esters is 1. The minimum Gasteiger partial charge on any atom is -0.482 e. The maximum atomic E-state index is 12.4. The van der Waals surface area contributed by atoms with Crippen LogP contribution in [0.3, 0.4) is 0 Å². The van der Waals surface area contributed by atoms with Crippen molar-refractivity contribution in [3.8, 4) is 5.75 Å². The van der Waals surface area contributed by atoms with E-state index in [1.54, 1.807) is 37.4 Å². The van der Waals surface area contributed by atoms with E-state index in [9.17, 15) is 9.59 Å². The van der Waals surface area contributed by atoms with Crippen molar-refractivity contribution in [2.75, 3.05) is 27.4 Å². The Morgan fingerprint density at radius 2 is 1.93 bits per heavy atom. The van der Waals surface area contributed by atoms with Crippen molar-refractivity contribution in [3.05, 3.63) is 56.8 Å². The number of thiazole rings is 1. The molecule has 0 aliphatic rings. The monoisotopic (exact) mass is 468 g/mol. The average Bonchev–Trinajstić information content (AvgIpc) is 3.06. The number of methoxy groups -OCH3 is 2. The normalized spacial score (nSPS) is 11.7. The van der Waals surface area contributed by atoms with Gasteiger partial charge in [-0.25, -0.2) is 4.79 Å². The van der Waals surface area contributed by atoms with Crippen LogP contribution in [0.15, 0.2) is 41.4 Å². The van der Waals surface area contributed by atoms with Crippen molar-refractivity contribution in [2.45, 2.75) is 6.54 Å². The molecule has 3 rings (SSSR count). The minimum absolute atomic E-state index is 0.284. The molecule has 0 unspecified atom stereocenters. The summed E-state index contributed by atoms with van der Waals surface area (Å²) < 4.78 is 18.0. The second-order valence-electron chi connectivity index (χ2n) is 6.07. The lowest BCUT2D eigenvalue weighted by molar-refractivity contribution is -0.120. The van der Waals surface area contributed by atoms with E-state index in [2.05, 4.69) is 4.99 Å². The molecule has 0 atom stereocenters. The fourth-order valence-corrected chi connectivity index (χ4v) is 4.25. The molecule has 0 fully saturated rings. The molecular formula is C20H18Cl2N2O5S. The fraction of sp³-hybridized carbons (Fsp3) is 0.250. The third-order valence-electron chi connectivity index (χ3n) is 4.09. The van der Waals surface area contributed by atoms with Crippen LogP contribution < -0.4 is 9.54 Å².